The first kappa shape index (κ1) is 33.2. The van der Waals surface area contributed by atoms with Crippen LogP contribution in [-0.4, -0.2) is 53.9 Å². The minimum Gasteiger partial charge on any atom is -0.462 e. The number of hydrogen-bond donors (Lipinski definition) is 0. The number of aromatic nitrogens is 1. The summed E-state index contributed by atoms with van der Waals surface area (Å²) < 4.78 is 30.9. The molecule has 42 heavy (non-hydrogen) atoms. The Kier molecular flexibility index (Phi) is 10.5. The molecule has 1 aliphatic rings. The van der Waals surface area contributed by atoms with Crippen molar-refractivity contribution in [1.29, 1.82) is 0 Å². The molecule has 2 heterocycles. The Labute approximate surface area is 249 Å². The number of rotatable bonds is 8. The normalized spacial score (nSPS) is 23.1. The van der Waals surface area contributed by atoms with Crippen LogP contribution in [0.1, 0.15) is 79.5 Å². The van der Waals surface area contributed by atoms with Gasteiger partial charge in [-0.15, -0.1) is 0 Å². The van der Waals surface area contributed by atoms with Crippen molar-refractivity contribution in [3.8, 4) is 0 Å². The maximum absolute atomic E-state index is 13.4. The molecule has 0 saturated carbocycles. The summed E-state index contributed by atoms with van der Waals surface area (Å²) in [6.07, 6.45) is -1.60. The summed E-state index contributed by atoms with van der Waals surface area (Å²) in [7, 11) is 0. The van der Waals surface area contributed by atoms with Crippen LogP contribution in [0.3, 0.4) is 0 Å². The van der Waals surface area contributed by atoms with Gasteiger partial charge in [0, 0.05) is 18.0 Å². The number of carbonyl (C=O) groups is 3. The highest BCUT2D eigenvalue weighted by molar-refractivity contribution is 5.77. The van der Waals surface area contributed by atoms with Crippen LogP contribution < -0.4 is 0 Å². The van der Waals surface area contributed by atoms with Gasteiger partial charge < -0.3 is 23.7 Å². The van der Waals surface area contributed by atoms with Crippen molar-refractivity contribution < 1.29 is 38.1 Å². The molecule has 5 atom stereocenters. The third kappa shape index (κ3) is 8.85. The minimum atomic E-state index is -1.13. The Balaban J connectivity index is 2.11. The number of hydrogen-bond acceptors (Lipinski definition) is 9. The lowest BCUT2D eigenvalue weighted by Crippen LogP contribution is -2.60. The van der Waals surface area contributed by atoms with E-state index in [1.807, 2.05) is 36.4 Å². The molecule has 230 valence electrons. The molecule has 2 aromatic rings. The van der Waals surface area contributed by atoms with E-state index in [1.54, 1.807) is 80.8 Å². The molecule has 0 bridgehead atoms. The van der Waals surface area contributed by atoms with Gasteiger partial charge in [0.15, 0.2) is 12.2 Å². The second-order valence-corrected chi connectivity index (χ2v) is 13.7. The molecule has 1 aromatic carbocycles. The number of benzene rings is 1. The maximum Gasteiger partial charge on any atom is 0.311 e. The molecule has 0 aliphatic carbocycles. The number of ether oxygens (including phenoxy) is 5. The van der Waals surface area contributed by atoms with Gasteiger partial charge in [0.05, 0.1) is 22.9 Å². The summed E-state index contributed by atoms with van der Waals surface area (Å²) >= 11 is 0. The largest absolute Gasteiger partial charge is 0.462 e. The van der Waals surface area contributed by atoms with E-state index in [0.717, 1.165) is 5.56 Å². The maximum atomic E-state index is 13.4. The van der Waals surface area contributed by atoms with Crippen LogP contribution in [0.25, 0.3) is 0 Å². The van der Waals surface area contributed by atoms with Crippen molar-refractivity contribution >= 4 is 17.9 Å². The first-order chi connectivity index (χ1) is 19.5. The molecule has 9 heteroatoms. The zero-order valence-corrected chi connectivity index (χ0v) is 26.2. The Morgan fingerprint density at radius 3 is 1.83 bits per heavy atom. The quantitative estimate of drug-likeness (QED) is 0.289. The van der Waals surface area contributed by atoms with Crippen molar-refractivity contribution in [3.63, 3.8) is 0 Å². The van der Waals surface area contributed by atoms with E-state index >= 15 is 0 Å². The lowest BCUT2D eigenvalue weighted by molar-refractivity contribution is -0.265. The molecule has 0 spiro atoms. The van der Waals surface area contributed by atoms with Gasteiger partial charge in [-0.2, -0.15) is 0 Å². The van der Waals surface area contributed by atoms with Crippen LogP contribution in [0.4, 0.5) is 0 Å². The smallest absolute Gasteiger partial charge is 0.311 e. The van der Waals surface area contributed by atoms with Gasteiger partial charge >= 0.3 is 17.9 Å². The van der Waals surface area contributed by atoms with Crippen molar-refractivity contribution in [2.75, 3.05) is 6.61 Å². The zero-order chi connectivity index (χ0) is 31.3. The highest BCUT2D eigenvalue weighted by atomic mass is 16.6. The number of pyridine rings is 1. The van der Waals surface area contributed by atoms with Gasteiger partial charge in [0.1, 0.15) is 24.9 Å². The lowest BCUT2D eigenvalue weighted by Gasteiger charge is -2.46. The van der Waals surface area contributed by atoms with Crippen molar-refractivity contribution in [1.82, 2.24) is 4.98 Å². The van der Waals surface area contributed by atoms with E-state index < -0.39 is 64.7 Å². The fourth-order valence-electron chi connectivity index (χ4n) is 4.06. The predicted octanol–water partition coefficient (Wildman–Crippen LogP) is 5.61. The van der Waals surface area contributed by atoms with Crippen LogP contribution >= 0.6 is 0 Å². The summed E-state index contributed by atoms with van der Waals surface area (Å²) in [6.45, 7) is 15.6. The molecular weight excluding hydrogens is 538 g/mol. The second kappa shape index (κ2) is 13.3. The number of esters is 3. The lowest BCUT2D eigenvalue weighted by atomic mass is 9.89. The third-order valence-electron chi connectivity index (χ3n) is 6.63. The average molecular weight is 584 g/mol. The fraction of sp³-hybridized carbons (Fsp3) is 0.576. The van der Waals surface area contributed by atoms with E-state index in [4.69, 9.17) is 23.7 Å². The van der Waals surface area contributed by atoms with Gasteiger partial charge in [-0.05, 0) is 73.9 Å². The molecule has 2 unspecified atom stereocenters. The number of nitrogens with zero attached hydrogens (tertiary/aromatic N) is 1. The molecule has 1 aromatic heterocycles. The van der Waals surface area contributed by atoms with Gasteiger partial charge in [0.25, 0.3) is 0 Å². The Morgan fingerprint density at radius 2 is 1.31 bits per heavy atom. The molecule has 0 radical (unpaired) electrons. The first-order valence-electron chi connectivity index (χ1n) is 14.3. The zero-order valence-electron chi connectivity index (χ0n) is 26.2. The summed E-state index contributed by atoms with van der Waals surface area (Å²) in [6, 6.07) is 13.2. The third-order valence-corrected chi connectivity index (χ3v) is 6.63. The average Bonchev–Trinajstić information content (AvgIpc) is 2.91. The van der Waals surface area contributed by atoms with Crippen LogP contribution in [0.2, 0.25) is 0 Å². The summed E-state index contributed by atoms with van der Waals surface area (Å²) in [5, 5.41) is 0. The van der Waals surface area contributed by atoms with E-state index in [2.05, 4.69) is 4.98 Å². The molecule has 3 rings (SSSR count). The second-order valence-electron chi connectivity index (χ2n) is 13.7. The van der Waals surface area contributed by atoms with Gasteiger partial charge in [-0.1, -0.05) is 36.4 Å². The Morgan fingerprint density at radius 1 is 0.738 bits per heavy atom. The van der Waals surface area contributed by atoms with Gasteiger partial charge in [0.2, 0.25) is 0 Å². The highest BCUT2D eigenvalue weighted by Gasteiger charge is 2.53. The summed E-state index contributed by atoms with van der Waals surface area (Å²) in [5.41, 5.74) is -0.938. The minimum absolute atomic E-state index is 0.179. The predicted molar refractivity (Wildman–Crippen MR) is 156 cm³/mol. The molecule has 9 nitrogen and oxygen atoms in total. The number of carbonyl (C=O) groups excluding carboxylic acids is 3. The summed E-state index contributed by atoms with van der Waals surface area (Å²) in [4.78, 5) is 43.6. The first-order valence-corrected chi connectivity index (χ1v) is 14.3. The van der Waals surface area contributed by atoms with E-state index in [1.165, 1.54) is 0 Å². The van der Waals surface area contributed by atoms with E-state index in [0.29, 0.717) is 5.56 Å². The molecular formula is C33H45NO8. The standard InChI is InChI=1S/C33H45NO8/c1-31(2,3)28(35)39-20-23-25(41-29(36)32(4,5)6)27(42-30(37)33(7,8)9)26(38-19-21-14-11-10-12-15-21)24(40-23)22-16-13-17-34-18-22/h10-18,23-27H,19-20H2,1-9H3/t23?,24-,25+,26?,27-/m0/s1. The van der Waals surface area contributed by atoms with E-state index in [-0.39, 0.29) is 13.2 Å². The van der Waals surface area contributed by atoms with Crippen LogP contribution in [0, 0.1) is 16.2 Å². The van der Waals surface area contributed by atoms with Crippen molar-refractivity contribution in [3.05, 3.63) is 66.0 Å². The van der Waals surface area contributed by atoms with Gasteiger partial charge in [-0.25, -0.2) is 0 Å². The van der Waals surface area contributed by atoms with Crippen LogP contribution in [-0.2, 0) is 44.7 Å². The molecule has 1 fully saturated rings. The topological polar surface area (TPSA) is 110 Å². The monoisotopic (exact) mass is 583 g/mol. The molecule has 1 aliphatic heterocycles. The van der Waals surface area contributed by atoms with E-state index in [9.17, 15) is 14.4 Å². The van der Waals surface area contributed by atoms with Crippen LogP contribution in [0.15, 0.2) is 54.9 Å². The fourth-order valence-corrected chi connectivity index (χ4v) is 4.06. The SMILES string of the molecule is CC(C)(C)C(=O)OCC1O[C@@H](c2cccnc2)C(OCc2ccccc2)[C@@H](OC(=O)C(C)(C)C)[C@@H]1OC(=O)C(C)(C)C. The molecule has 0 amide bonds. The van der Waals surface area contributed by atoms with Crippen LogP contribution in [0.5, 0.6) is 0 Å². The van der Waals surface area contributed by atoms with Gasteiger partial charge in [-0.3, -0.25) is 19.4 Å². The summed E-state index contributed by atoms with van der Waals surface area (Å²) in [5.74, 6) is -1.48. The van der Waals surface area contributed by atoms with Crippen molar-refractivity contribution in [2.24, 2.45) is 16.2 Å². The van der Waals surface area contributed by atoms with Crippen molar-refractivity contribution in [2.45, 2.75) is 99.4 Å². The molecule has 0 N–H and O–H groups in total. The Hall–Kier alpha value is -3.30. The molecule has 1 saturated heterocycles. The Bertz CT molecular complexity index is 1190. The highest BCUT2D eigenvalue weighted by Crippen LogP contribution is 2.39.